The van der Waals surface area contributed by atoms with Crippen molar-refractivity contribution in [2.45, 2.75) is 40.0 Å². The van der Waals surface area contributed by atoms with Crippen LogP contribution < -0.4 is 15.8 Å². The minimum atomic E-state index is -0.427. The van der Waals surface area contributed by atoms with Crippen LogP contribution in [-0.2, 0) is 16.0 Å². The quantitative estimate of drug-likeness (QED) is 0.763. The summed E-state index contributed by atoms with van der Waals surface area (Å²) >= 11 is 0. The number of fused-ring (bicyclic) bond motifs is 1. The topological polar surface area (TPSA) is 86.5 Å². The van der Waals surface area contributed by atoms with E-state index < -0.39 is 5.92 Å². The molecule has 0 radical (unpaired) electrons. The molecule has 0 saturated heterocycles. The van der Waals surface area contributed by atoms with Gasteiger partial charge in [0.05, 0.1) is 25.2 Å². The first-order valence-electron chi connectivity index (χ1n) is 9.51. The van der Waals surface area contributed by atoms with Crippen LogP contribution in [0.4, 0.5) is 11.5 Å². The molecule has 0 amide bonds. The molecule has 1 atom stereocenters. The Morgan fingerprint density at radius 2 is 1.96 bits per heavy atom. The van der Waals surface area contributed by atoms with E-state index in [1.165, 1.54) is 0 Å². The molecule has 1 aromatic carbocycles. The maximum absolute atomic E-state index is 12.9. The van der Waals surface area contributed by atoms with Gasteiger partial charge in [-0.05, 0) is 38.8 Å². The van der Waals surface area contributed by atoms with Crippen molar-refractivity contribution >= 4 is 17.5 Å². The van der Waals surface area contributed by atoms with Crippen LogP contribution in [0, 0.1) is 6.92 Å². The fourth-order valence-corrected chi connectivity index (χ4v) is 3.80. The highest BCUT2D eigenvalue weighted by Gasteiger charge is 2.37. The molecule has 1 aliphatic rings. The summed E-state index contributed by atoms with van der Waals surface area (Å²) in [6, 6.07) is 7.66. The number of nitrogens with two attached hydrogens (primary N) is 1. The van der Waals surface area contributed by atoms with Gasteiger partial charge in [-0.3, -0.25) is 0 Å². The number of benzene rings is 1. The standard InChI is InChI=1S/C22H27N3O3/c1-6-15-12(3)20(23)19-18(14-10-8-9-11-16(14)27-5)17(22(26)28-7-2)13(4)24-21(19)25-15/h8-11,18H,6-7H2,1-5H3,(H3,23,24,25). The number of carbonyl (C=O) groups is 1. The van der Waals surface area contributed by atoms with Crippen molar-refractivity contribution in [1.82, 2.24) is 4.98 Å². The van der Waals surface area contributed by atoms with Crippen molar-refractivity contribution in [3.8, 4) is 5.75 Å². The SMILES string of the molecule is CCOC(=O)C1=C(C)Nc2nc(CC)c(C)c(N)c2C1c1ccccc1OC. The van der Waals surface area contributed by atoms with Gasteiger partial charge >= 0.3 is 5.97 Å². The molecule has 0 saturated carbocycles. The third-order valence-corrected chi connectivity index (χ3v) is 5.20. The van der Waals surface area contributed by atoms with E-state index >= 15 is 0 Å². The Balaban J connectivity index is 2.34. The highest BCUT2D eigenvalue weighted by Crippen LogP contribution is 2.47. The van der Waals surface area contributed by atoms with Gasteiger partial charge in [0.2, 0.25) is 0 Å². The van der Waals surface area contributed by atoms with E-state index in [4.69, 9.17) is 20.2 Å². The van der Waals surface area contributed by atoms with E-state index in [1.54, 1.807) is 14.0 Å². The number of nitrogens with one attached hydrogen (secondary N) is 1. The number of hydrogen-bond acceptors (Lipinski definition) is 6. The number of nitrogen functional groups attached to an aromatic ring is 1. The number of ether oxygens (including phenoxy) is 2. The van der Waals surface area contributed by atoms with Gasteiger partial charge in [-0.25, -0.2) is 9.78 Å². The number of methoxy groups -OCH3 is 1. The largest absolute Gasteiger partial charge is 0.496 e. The second-order valence-electron chi connectivity index (χ2n) is 6.77. The number of para-hydroxylation sites is 1. The number of aromatic nitrogens is 1. The van der Waals surface area contributed by atoms with Gasteiger partial charge in [-0.1, -0.05) is 25.1 Å². The van der Waals surface area contributed by atoms with Crippen LogP contribution in [0.25, 0.3) is 0 Å². The molecular weight excluding hydrogens is 354 g/mol. The first-order valence-corrected chi connectivity index (χ1v) is 9.51. The number of nitrogens with zero attached hydrogens (tertiary/aromatic N) is 1. The minimum absolute atomic E-state index is 0.294. The molecule has 6 heteroatoms. The number of carbonyl (C=O) groups excluding carboxylic acids is 1. The van der Waals surface area contributed by atoms with E-state index in [0.717, 1.165) is 28.8 Å². The molecule has 1 aliphatic heterocycles. The lowest BCUT2D eigenvalue weighted by Crippen LogP contribution is -2.27. The number of aryl methyl sites for hydroxylation is 1. The maximum Gasteiger partial charge on any atom is 0.336 e. The summed E-state index contributed by atoms with van der Waals surface area (Å²) in [6.45, 7) is 7.97. The lowest BCUT2D eigenvalue weighted by molar-refractivity contribution is -0.138. The third-order valence-electron chi connectivity index (χ3n) is 5.20. The average Bonchev–Trinajstić information content (AvgIpc) is 2.69. The van der Waals surface area contributed by atoms with E-state index in [1.807, 2.05) is 38.1 Å². The Labute approximate surface area is 165 Å². The molecule has 3 rings (SSSR count). The maximum atomic E-state index is 12.9. The second kappa shape index (κ2) is 7.92. The summed E-state index contributed by atoms with van der Waals surface area (Å²) in [6.07, 6.45) is 0.776. The number of rotatable bonds is 5. The lowest BCUT2D eigenvalue weighted by Gasteiger charge is -2.32. The summed E-state index contributed by atoms with van der Waals surface area (Å²) in [4.78, 5) is 17.7. The van der Waals surface area contributed by atoms with Gasteiger partial charge in [-0.2, -0.15) is 0 Å². The summed E-state index contributed by atoms with van der Waals surface area (Å²) in [7, 11) is 1.62. The number of anilines is 2. The Morgan fingerprint density at radius 1 is 1.25 bits per heavy atom. The van der Waals surface area contributed by atoms with Crippen LogP contribution in [-0.4, -0.2) is 24.7 Å². The zero-order chi connectivity index (χ0) is 20.4. The van der Waals surface area contributed by atoms with Crippen LogP contribution in [0.5, 0.6) is 5.75 Å². The Morgan fingerprint density at radius 3 is 2.61 bits per heavy atom. The summed E-state index contributed by atoms with van der Waals surface area (Å²) < 4.78 is 11.0. The van der Waals surface area contributed by atoms with Crippen LogP contribution in [0.2, 0.25) is 0 Å². The van der Waals surface area contributed by atoms with Gasteiger partial charge in [0.25, 0.3) is 0 Å². The molecule has 0 spiro atoms. The highest BCUT2D eigenvalue weighted by molar-refractivity contribution is 5.95. The fraction of sp³-hybridized carbons (Fsp3) is 0.364. The molecule has 0 fully saturated rings. The van der Waals surface area contributed by atoms with Gasteiger partial charge in [-0.15, -0.1) is 0 Å². The predicted octanol–water partition coefficient (Wildman–Crippen LogP) is 3.94. The van der Waals surface area contributed by atoms with Crippen LogP contribution >= 0.6 is 0 Å². The van der Waals surface area contributed by atoms with Crippen LogP contribution in [0.1, 0.15) is 49.1 Å². The molecule has 1 unspecified atom stereocenters. The average molecular weight is 381 g/mol. The number of hydrogen-bond donors (Lipinski definition) is 2. The van der Waals surface area contributed by atoms with Crippen molar-refractivity contribution in [2.24, 2.45) is 0 Å². The molecule has 2 aromatic rings. The van der Waals surface area contributed by atoms with E-state index in [9.17, 15) is 4.79 Å². The smallest absolute Gasteiger partial charge is 0.336 e. The number of esters is 1. The third kappa shape index (κ3) is 3.19. The normalized spacial score (nSPS) is 15.7. The Kier molecular flexibility index (Phi) is 5.58. The summed E-state index contributed by atoms with van der Waals surface area (Å²) in [5, 5.41) is 3.28. The fourth-order valence-electron chi connectivity index (χ4n) is 3.80. The van der Waals surface area contributed by atoms with Crippen molar-refractivity contribution < 1.29 is 14.3 Å². The van der Waals surface area contributed by atoms with E-state index in [2.05, 4.69) is 12.2 Å². The van der Waals surface area contributed by atoms with Crippen molar-refractivity contribution in [1.29, 1.82) is 0 Å². The van der Waals surface area contributed by atoms with Crippen LogP contribution in [0.3, 0.4) is 0 Å². The molecule has 2 heterocycles. The Hall–Kier alpha value is -3.02. The van der Waals surface area contributed by atoms with Gasteiger partial charge in [0.1, 0.15) is 11.6 Å². The minimum Gasteiger partial charge on any atom is -0.496 e. The lowest BCUT2D eigenvalue weighted by atomic mass is 9.79. The zero-order valence-electron chi connectivity index (χ0n) is 17.1. The molecule has 3 N–H and O–H groups in total. The van der Waals surface area contributed by atoms with Gasteiger partial charge in [0.15, 0.2) is 0 Å². The van der Waals surface area contributed by atoms with Crippen LogP contribution in [0.15, 0.2) is 35.5 Å². The predicted molar refractivity (Wildman–Crippen MR) is 111 cm³/mol. The van der Waals surface area contributed by atoms with E-state index in [-0.39, 0.29) is 5.97 Å². The van der Waals surface area contributed by atoms with Crippen molar-refractivity contribution in [2.75, 3.05) is 24.8 Å². The first kappa shape index (κ1) is 19.7. The molecule has 28 heavy (non-hydrogen) atoms. The summed E-state index contributed by atoms with van der Waals surface area (Å²) in [5.41, 5.74) is 12.0. The van der Waals surface area contributed by atoms with Crippen molar-refractivity contribution in [3.63, 3.8) is 0 Å². The number of allylic oxidation sites excluding steroid dienone is 1. The first-order chi connectivity index (χ1) is 13.4. The molecular formula is C22H27N3O3. The van der Waals surface area contributed by atoms with E-state index in [0.29, 0.717) is 35.1 Å². The van der Waals surface area contributed by atoms with Gasteiger partial charge < -0.3 is 20.5 Å². The molecule has 148 valence electrons. The second-order valence-corrected chi connectivity index (χ2v) is 6.77. The number of pyridine rings is 1. The summed E-state index contributed by atoms with van der Waals surface area (Å²) in [5.74, 6) is 0.571. The molecule has 0 bridgehead atoms. The monoisotopic (exact) mass is 381 g/mol. The highest BCUT2D eigenvalue weighted by atomic mass is 16.5. The molecule has 0 aliphatic carbocycles. The molecule has 1 aromatic heterocycles. The van der Waals surface area contributed by atoms with Crippen molar-refractivity contribution in [3.05, 3.63) is 57.9 Å². The Bertz CT molecular complexity index is 950. The zero-order valence-corrected chi connectivity index (χ0v) is 17.1. The van der Waals surface area contributed by atoms with Gasteiger partial charge in [0, 0.05) is 28.2 Å². The molecule has 6 nitrogen and oxygen atoms in total.